The van der Waals surface area contributed by atoms with Crippen LogP contribution in [0.5, 0.6) is 0 Å². The van der Waals surface area contributed by atoms with Gasteiger partial charge in [0.1, 0.15) is 5.04 Å². The summed E-state index contributed by atoms with van der Waals surface area (Å²) < 4.78 is 5.49. The molecule has 1 aromatic carbocycles. The number of aromatic amines is 1. The number of benzene rings is 1. The molecule has 0 radical (unpaired) electrons. The van der Waals surface area contributed by atoms with Crippen LogP contribution in [-0.2, 0) is 4.74 Å². The number of thioether (sulfide) groups is 1. The molecule has 3 N–H and O–H groups in total. The Morgan fingerprint density at radius 3 is 2.87 bits per heavy atom. The number of anilines is 1. The number of fused-ring (bicyclic) bond motifs is 1. The van der Waals surface area contributed by atoms with Crippen LogP contribution < -0.4 is 10.6 Å². The molecule has 1 aromatic heterocycles. The second-order valence-electron chi connectivity index (χ2n) is 8.41. The lowest BCUT2D eigenvalue weighted by atomic mass is 10.1. The number of hydrogen-bond acceptors (Lipinski definition) is 6. The van der Waals surface area contributed by atoms with Gasteiger partial charge in [0.05, 0.1) is 22.9 Å². The van der Waals surface area contributed by atoms with E-state index in [2.05, 4.69) is 26.6 Å². The molecule has 0 bridgehead atoms. The van der Waals surface area contributed by atoms with Crippen molar-refractivity contribution in [3.05, 3.63) is 28.9 Å². The molecule has 2 aromatic rings. The van der Waals surface area contributed by atoms with Crippen LogP contribution in [0.1, 0.15) is 25.0 Å². The minimum Gasteiger partial charge on any atom is -0.381 e. The van der Waals surface area contributed by atoms with E-state index in [0.717, 1.165) is 103 Å². The van der Waals surface area contributed by atoms with E-state index in [4.69, 9.17) is 21.3 Å². The van der Waals surface area contributed by atoms with Crippen molar-refractivity contribution in [1.82, 2.24) is 15.2 Å². The molecular formula is C22H30ClN5OS. The van der Waals surface area contributed by atoms with Crippen molar-refractivity contribution in [3.63, 3.8) is 0 Å². The van der Waals surface area contributed by atoms with Crippen molar-refractivity contribution in [2.45, 2.75) is 31.3 Å². The monoisotopic (exact) mass is 447 g/mol. The van der Waals surface area contributed by atoms with E-state index in [9.17, 15) is 0 Å². The number of rotatable bonds is 6. The molecule has 1 unspecified atom stereocenters. The van der Waals surface area contributed by atoms with Gasteiger partial charge < -0.3 is 25.3 Å². The maximum absolute atomic E-state index is 6.43. The van der Waals surface area contributed by atoms with Gasteiger partial charge in [0.25, 0.3) is 0 Å². The Hall–Kier alpha value is -1.25. The SMILES string of the molecule is Clc1cc(NC2CCOCC2)c2[nH]c(C3=NC(CCN4CCNCC4)CS3)cc2c1. The standard InChI is InChI=1S/C22H30ClN5OS/c23-16-11-15-12-20(27-21(15)19(13-16)25-17-2-9-29-10-3-17)22-26-18(14-30-22)1-6-28-7-4-24-5-8-28/h11-13,17-18,24-25,27H,1-10,14H2. The molecule has 2 saturated heterocycles. The molecule has 3 aliphatic rings. The van der Waals surface area contributed by atoms with Gasteiger partial charge in [-0.15, -0.1) is 11.8 Å². The molecular weight excluding hydrogens is 418 g/mol. The molecule has 4 heterocycles. The van der Waals surface area contributed by atoms with Crippen molar-refractivity contribution < 1.29 is 4.74 Å². The highest BCUT2D eigenvalue weighted by molar-refractivity contribution is 8.14. The number of H-pyrrole nitrogens is 1. The molecule has 5 rings (SSSR count). The number of hydrogen-bond donors (Lipinski definition) is 3. The van der Waals surface area contributed by atoms with E-state index < -0.39 is 0 Å². The fourth-order valence-corrected chi connectivity index (χ4v) is 5.78. The second-order valence-corrected chi connectivity index (χ2v) is 9.86. The first-order valence-electron chi connectivity index (χ1n) is 11.1. The summed E-state index contributed by atoms with van der Waals surface area (Å²) in [5.74, 6) is 1.07. The Labute approximate surface area is 187 Å². The van der Waals surface area contributed by atoms with Crippen LogP contribution in [0.15, 0.2) is 23.2 Å². The van der Waals surface area contributed by atoms with Gasteiger partial charge in [-0.05, 0) is 37.5 Å². The van der Waals surface area contributed by atoms with Gasteiger partial charge in [0.15, 0.2) is 0 Å². The Morgan fingerprint density at radius 2 is 2.03 bits per heavy atom. The van der Waals surface area contributed by atoms with E-state index in [1.165, 1.54) is 0 Å². The summed E-state index contributed by atoms with van der Waals surface area (Å²) in [5.41, 5.74) is 3.31. The Kier molecular flexibility index (Phi) is 6.53. The van der Waals surface area contributed by atoms with Crippen molar-refractivity contribution in [2.24, 2.45) is 4.99 Å². The summed E-state index contributed by atoms with van der Waals surface area (Å²) in [6.45, 7) is 7.31. The Balaban J connectivity index is 1.30. The third-order valence-corrected chi connectivity index (χ3v) is 7.57. The van der Waals surface area contributed by atoms with Gasteiger partial charge >= 0.3 is 0 Å². The van der Waals surface area contributed by atoms with Crippen LogP contribution >= 0.6 is 23.4 Å². The van der Waals surface area contributed by atoms with Crippen LogP contribution in [0, 0.1) is 0 Å². The molecule has 0 aliphatic carbocycles. The molecule has 6 nitrogen and oxygen atoms in total. The lowest BCUT2D eigenvalue weighted by Gasteiger charge is -2.27. The molecule has 0 saturated carbocycles. The van der Waals surface area contributed by atoms with Crippen LogP contribution in [0.4, 0.5) is 5.69 Å². The summed E-state index contributed by atoms with van der Waals surface area (Å²) >= 11 is 8.29. The number of nitrogens with zero attached hydrogens (tertiary/aromatic N) is 2. The molecule has 3 aliphatic heterocycles. The third kappa shape index (κ3) is 4.81. The number of ether oxygens (including phenoxy) is 1. The van der Waals surface area contributed by atoms with Crippen molar-refractivity contribution in [2.75, 3.05) is 57.0 Å². The molecule has 30 heavy (non-hydrogen) atoms. The van der Waals surface area contributed by atoms with E-state index in [-0.39, 0.29) is 0 Å². The molecule has 0 amide bonds. The number of aliphatic imine (C=N–C) groups is 1. The van der Waals surface area contributed by atoms with Crippen LogP contribution in [0.2, 0.25) is 5.02 Å². The predicted octanol–water partition coefficient (Wildman–Crippen LogP) is 3.57. The van der Waals surface area contributed by atoms with Gasteiger partial charge in [-0.1, -0.05) is 11.6 Å². The van der Waals surface area contributed by atoms with Crippen LogP contribution in [0.25, 0.3) is 10.9 Å². The zero-order chi connectivity index (χ0) is 20.3. The quantitative estimate of drug-likeness (QED) is 0.631. The number of nitrogens with one attached hydrogen (secondary N) is 3. The largest absolute Gasteiger partial charge is 0.381 e. The fraction of sp³-hybridized carbons (Fsp3) is 0.591. The summed E-state index contributed by atoms with van der Waals surface area (Å²) in [4.78, 5) is 11.2. The van der Waals surface area contributed by atoms with E-state index >= 15 is 0 Å². The average Bonchev–Trinajstić information content (AvgIpc) is 3.41. The molecule has 8 heteroatoms. The van der Waals surface area contributed by atoms with Crippen molar-refractivity contribution in [3.8, 4) is 0 Å². The van der Waals surface area contributed by atoms with Gasteiger partial charge in [-0.2, -0.15) is 0 Å². The van der Waals surface area contributed by atoms with Crippen LogP contribution in [-0.4, -0.2) is 78.7 Å². The predicted molar refractivity (Wildman–Crippen MR) is 127 cm³/mol. The van der Waals surface area contributed by atoms with Gasteiger partial charge in [0.2, 0.25) is 0 Å². The molecule has 0 spiro atoms. The van der Waals surface area contributed by atoms with E-state index in [1.54, 1.807) is 0 Å². The Bertz CT molecular complexity index is 904. The maximum atomic E-state index is 6.43. The van der Waals surface area contributed by atoms with Crippen molar-refractivity contribution >= 4 is 45.0 Å². The first kappa shape index (κ1) is 20.6. The van der Waals surface area contributed by atoms with Gasteiger partial charge in [-0.25, -0.2) is 0 Å². The summed E-state index contributed by atoms with van der Waals surface area (Å²) in [6, 6.07) is 7.10. The molecule has 2 fully saturated rings. The summed E-state index contributed by atoms with van der Waals surface area (Å²) in [7, 11) is 0. The first-order valence-corrected chi connectivity index (χ1v) is 12.4. The smallest absolute Gasteiger partial charge is 0.114 e. The van der Waals surface area contributed by atoms with Crippen LogP contribution in [0.3, 0.4) is 0 Å². The minimum atomic E-state index is 0.412. The zero-order valence-electron chi connectivity index (χ0n) is 17.3. The number of piperazine rings is 1. The second kappa shape index (κ2) is 9.49. The zero-order valence-corrected chi connectivity index (χ0v) is 18.8. The summed E-state index contributed by atoms with van der Waals surface area (Å²) in [6.07, 6.45) is 3.19. The average molecular weight is 448 g/mol. The van der Waals surface area contributed by atoms with E-state index in [0.29, 0.717) is 12.1 Å². The third-order valence-electron chi connectivity index (χ3n) is 6.20. The lowest BCUT2D eigenvalue weighted by molar-refractivity contribution is 0.0905. The van der Waals surface area contributed by atoms with E-state index in [1.807, 2.05) is 23.9 Å². The van der Waals surface area contributed by atoms with Gasteiger partial charge in [-0.3, -0.25) is 4.99 Å². The highest BCUT2D eigenvalue weighted by Crippen LogP contribution is 2.33. The summed E-state index contributed by atoms with van der Waals surface area (Å²) in [5, 5.41) is 10.1. The fourth-order valence-electron chi connectivity index (χ4n) is 4.48. The Morgan fingerprint density at radius 1 is 1.20 bits per heavy atom. The topological polar surface area (TPSA) is 64.7 Å². The van der Waals surface area contributed by atoms with Gasteiger partial charge in [0, 0.05) is 68.1 Å². The number of halogens is 1. The normalized spacial score (nSPS) is 23.8. The minimum absolute atomic E-state index is 0.412. The van der Waals surface area contributed by atoms with Crippen molar-refractivity contribution in [1.29, 1.82) is 0 Å². The molecule has 162 valence electrons. The highest BCUT2D eigenvalue weighted by Gasteiger charge is 2.23. The lowest BCUT2D eigenvalue weighted by Crippen LogP contribution is -2.44. The first-order chi connectivity index (χ1) is 14.7. The highest BCUT2D eigenvalue weighted by atomic mass is 35.5. The number of aromatic nitrogens is 1. The molecule has 1 atom stereocenters. The maximum Gasteiger partial charge on any atom is 0.114 e.